The minimum atomic E-state index is -0.756. The Morgan fingerprint density at radius 1 is 1.57 bits per heavy atom. The molecule has 0 aliphatic carbocycles. The van der Waals surface area contributed by atoms with Gasteiger partial charge in [-0.25, -0.2) is 4.79 Å². The van der Waals surface area contributed by atoms with Crippen molar-refractivity contribution in [2.24, 2.45) is 0 Å². The van der Waals surface area contributed by atoms with Gasteiger partial charge in [0.1, 0.15) is 0 Å². The number of hydrogen-bond acceptors (Lipinski definition) is 6. The molecule has 2 aliphatic rings. The maximum Gasteiger partial charge on any atom is 0.350 e. The minimum Gasteiger partial charge on any atom is -0.450 e. The molecule has 0 amide bonds. The van der Waals surface area contributed by atoms with Gasteiger partial charge in [0.15, 0.2) is 6.10 Å². The van der Waals surface area contributed by atoms with Crippen LogP contribution in [0.5, 0.6) is 0 Å². The molecule has 2 heterocycles. The lowest BCUT2D eigenvalue weighted by molar-refractivity contribution is -0.185. The number of esters is 2. The van der Waals surface area contributed by atoms with Gasteiger partial charge in [0, 0.05) is 19.4 Å². The fraction of sp³-hybridized carbons (Fsp3) is 0.750. The standard InChI is InChI=1S/C8H11NO5/c10-6-2-1-5(13-6)7(11)14-8-9-3-4-12-8/h5,8-9H,1-4H2. The fourth-order valence-electron chi connectivity index (χ4n) is 1.35. The van der Waals surface area contributed by atoms with Gasteiger partial charge in [-0.3, -0.25) is 10.1 Å². The monoisotopic (exact) mass is 201 g/mol. The lowest BCUT2D eigenvalue weighted by Gasteiger charge is -2.13. The summed E-state index contributed by atoms with van der Waals surface area (Å²) >= 11 is 0. The summed E-state index contributed by atoms with van der Waals surface area (Å²) in [4.78, 5) is 22.0. The van der Waals surface area contributed by atoms with Crippen molar-refractivity contribution in [2.75, 3.05) is 13.2 Å². The summed E-state index contributed by atoms with van der Waals surface area (Å²) in [5.41, 5.74) is 0. The molecule has 2 unspecified atom stereocenters. The van der Waals surface area contributed by atoms with Gasteiger partial charge in [0.2, 0.25) is 0 Å². The first-order valence-electron chi connectivity index (χ1n) is 4.50. The predicted molar refractivity (Wildman–Crippen MR) is 42.9 cm³/mol. The smallest absolute Gasteiger partial charge is 0.350 e. The van der Waals surface area contributed by atoms with Crippen LogP contribution in [0.3, 0.4) is 0 Å². The lowest BCUT2D eigenvalue weighted by Crippen LogP contribution is -2.33. The van der Waals surface area contributed by atoms with E-state index in [2.05, 4.69) is 5.32 Å². The summed E-state index contributed by atoms with van der Waals surface area (Å²) in [5.74, 6) is -0.900. The van der Waals surface area contributed by atoms with Gasteiger partial charge in [0.25, 0.3) is 6.41 Å². The van der Waals surface area contributed by atoms with Crippen molar-refractivity contribution >= 4 is 11.9 Å². The van der Waals surface area contributed by atoms with E-state index in [1.807, 2.05) is 0 Å². The Bertz CT molecular complexity index is 248. The first-order chi connectivity index (χ1) is 6.75. The molecule has 0 saturated carbocycles. The second-order valence-electron chi connectivity index (χ2n) is 3.11. The van der Waals surface area contributed by atoms with Gasteiger partial charge in [-0.15, -0.1) is 0 Å². The summed E-state index contributed by atoms with van der Waals surface area (Å²) in [6.07, 6.45) is -0.779. The Morgan fingerprint density at radius 3 is 3.00 bits per heavy atom. The summed E-state index contributed by atoms with van der Waals surface area (Å²) in [7, 11) is 0. The van der Waals surface area contributed by atoms with Crippen LogP contribution in [-0.4, -0.2) is 37.6 Å². The van der Waals surface area contributed by atoms with Crippen molar-refractivity contribution in [2.45, 2.75) is 25.4 Å². The molecule has 1 N–H and O–H groups in total. The van der Waals surface area contributed by atoms with Gasteiger partial charge in [0.05, 0.1) is 6.61 Å². The van der Waals surface area contributed by atoms with Crippen LogP contribution in [0.2, 0.25) is 0 Å². The molecule has 0 radical (unpaired) electrons. The van der Waals surface area contributed by atoms with E-state index in [-0.39, 0.29) is 12.4 Å². The molecular weight excluding hydrogens is 190 g/mol. The number of ether oxygens (including phenoxy) is 3. The van der Waals surface area contributed by atoms with Crippen LogP contribution >= 0.6 is 0 Å². The van der Waals surface area contributed by atoms with Crippen LogP contribution in [0.15, 0.2) is 0 Å². The number of rotatable bonds is 2. The van der Waals surface area contributed by atoms with Gasteiger partial charge in [-0.05, 0) is 0 Å². The van der Waals surface area contributed by atoms with Crippen molar-refractivity contribution < 1.29 is 23.8 Å². The molecule has 0 bridgehead atoms. The second kappa shape index (κ2) is 3.93. The Hall–Kier alpha value is -1.14. The lowest BCUT2D eigenvalue weighted by atomic mass is 10.2. The quantitative estimate of drug-likeness (QED) is 0.586. The van der Waals surface area contributed by atoms with Gasteiger partial charge in [-0.2, -0.15) is 0 Å². The van der Waals surface area contributed by atoms with Crippen LogP contribution in [0.1, 0.15) is 12.8 Å². The molecule has 0 aromatic heterocycles. The molecule has 2 rings (SSSR count). The molecule has 6 heteroatoms. The highest BCUT2D eigenvalue weighted by atomic mass is 16.7. The van der Waals surface area contributed by atoms with Crippen molar-refractivity contribution in [1.82, 2.24) is 5.32 Å². The number of cyclic esters (lactones) is 1. The Balaban J connectivity index is 1.80. The van der Waals surface area contributed by atoms with Crippen LogP contribution in [0, 0.1) is 0 Å². The summed E-state index contributed by atoms with van der Waals surface area (Å²) in [6, 6.07) is 0. The van der Waals surface area contributed by atoms with Crippen molar-refractivity contribution in [3.63, 3.8) is 0 Å². The van der Waals surface area contributed by atoms with Gasteiger partial charge >= 0.3 is 11.9 Å². The molecule has 2 aliphatic heterocycles. The zero-order valence-electron chi connectivity index (χ0n) is 7.52. The maximum atomic E-state index is 11.3. The van der Waals surface area contributed by atoms with Crippen LogP contribution in [-0.2, 0) is 23.8 Å². The molecule has 6 nitrogen and oxygen atoms in total. The van der Waals surface area contributed by atoms with E-state index < -0.39 is 18.5 Å². The van der Waals surface area contributed by atoms with E-state index in [0.717, 1.165) is 0 Å². The molecule has 78 valence electrons. The number of nitrogens with one attached hydrogen (secondary N) is 1. The predicted octanol–water partition coefficient (Wildman–Crippen LogP) is -0.861. The molecule has 2 saturated heterocycles. The Morgan fingerprint density at radius 2 is 2.43 bits per heavy atom. The number of carbonyl (C=O) groups excluding carboxylic acids is 2. The van der Waals surface area contributed by atoms with Crippen LogP contribution in [0.25, 0.3) is 0 Å². The van der Waals surface area contributed by atoms with E-state index in [1.54, 1.807) is 0 Å². The highest BCUT2D eigenvalue weighted by molar-refractivity contribution is 5.82. The van der Waals surface area contributed by atoms with Crippen LogP contribution < -0.4 is 5.32 Å². The van der Waals surface area contributed by atoms with E-state index in [0.29, 0.717) is 19.6 Å². The SMILES string of the molecule is O=C1CCC(C(=O)OC2NCCO2)O1. The molecule has 0 aromatic carbocycles. The average molecular weight is 201 g/mol. The van der Waals surface area contributed by atoms with Crippen molar-refractivity contribution in [1.29, 1.82) is 0 Å². The summed E-state index contributed by atoms with van der Waals surface area (Å²) < 4.78 is 14.6. The van der Waals surface area contributed by atoms with Crippen LogP contribution in [0.4, 0.5) is 0 Å². The Kier molecular flexibility index (Phi) is 2.64. The first-order valence-corrected chi connectivity index (χ1v) is 4.50. The van der Waals surface area contributed by atoms with Crippen molar-refractivity contribution in [3.05, 3.63) is 0 Å². The normalized spacial score (nSPS) is 31.6. The number of carbonyl (C=O) groups is 2. The largest absolute Gasteiger partial charge is 0.450 e. The Labute approximate surface area is 80.5 Å². The third-order valence-corrected chi connectivity index (χ3v) is 2.05. The minimum absolute atomic E-state index is 0.277. The molecular formula is C8H11NO5. The molecule has 0 spiro atoms. The average Bonchev–Trinajstić information content (AvgIpc) is 2.75. The van der Waals surface area contributed by atoms with Crippen molar-refractivity contribution in [3.8, 4) is 0 Å². The zero-order valence-corrected chi connectivity index (χ0v) is 7.52. The molecule has 2 fully saturated rings. The summed E-state index contributed by atoms with van der Waals surface area (Å²) in [6.45, 7) is 1.17. The van der Waals surface area contributed by atoms with E-state index in [1.165, 1.54) is 0 Å². The highest BCUT2D eigenvalue weighted by Crippen LogP contribution is 2.15. The number of hydrogen-bond donors (Lipinski definition) is 1. The van der Waals surface area contributed by atoms with E-state index >= 15 is 0 Å². The maximum absolute atomic E-state index is 11.3. The highest BCUT2D eigenvalue weighted by Gasteiger charge is 2.33. The van der Waals surface area contributed by atoms with Gasteiger partial charge in [-0.1, -0.05) is 0 Å². The summed E-state index contributed by atoms with van der Waals surface area (Å²) in [5, 5.41) is 2.82. The molecule has 2 atom stereocenters. The third-order valence-electron chi connectivity index (χ3n) is 2.05. The van der Waals surface area contributed by atoms with Gasteiger partial charge < -0.3 is 14.2 Å². The third kappa shape index (κ3) is 2.02. The zero-order chi connectivity index (χ0) is 9.97. The topological polar surface area (TPSA) is 73.9 Å². The molecule has 0 aromatic rings. The van der Waals surface area contributed by atoms with E-state index in [4.69, 9.17) is 14.2 Å². The fourth-order valence-corrected chi connectivity index (χ4v) is 1.35. The van der Waals surface area contributed by atoms with E-state index in [9.17, 15) is 9.59 Å². The molecule has 14 heavy (non-hydrogen) atoms. The second-order valence-corrected chi connectivity index (χ2v) is 3.11. The first kappa shape index (κ1) is 9.42.